The van der Waals surface area contributed by atoms with Crippen molar-refractivity contribution in [3.63, 3.8) is 0 Å². The zero-order valence-electron chi connectivity index (χ0n) is 6.70. The third-order valence-electron chi connectivity index (χ3n) is 2.70. The van der Waals surface area contributed by atoms with Crippen molar-refractivity contribution >= 4 is 0 Å². The highest BCUT2D eigenvalue weighted by molar-refractivity contribution is 5.04. The second-order valence-electron chi connectivity index (χ2n) is 3.42. The summed E-state index contributed by atoms with van der Waals surface area (Å²) in [6.45, 7) is 0. The van der Waals surface area contributed by atoms with E-state index >= 15 is 0 Å². The Morgan fingerprint density at radius 1 is 1.00 bits per heavy atom. The SMILES string of the molecule is C1=CC(C2CCCC2)C=CO1. The molecule has 0 aromatic heterocycles. The van der Waals surface area contributed by atoms with E-state index in [9.17, 15) is 0 Å². The van der Waals surface area contributed by atoms with Crippen LogP contribution in [0.1, 0.15) is 25.7 Å². The van der Waals surface area contributed by atoms with E-state index in [1.165, 1.54) is 25.7 Å². The first-order chi connectivity index (χ1) is 5.47. The summed E-state index contributed by atoms with van der Waals surface area (Å²) >= 11 is 0. The van der Waals surface area contributed by atoms with E-state index in [1.807, 2.05) is 12.5 Å². The Bertz CT molecular complexity index is 163. The average molecular weight is 150 g/mol. The van der Waals surface area contributed by atoms with Crippen molar-refractivity contribution < 1.29 is 4.74 Å². The molecular weight excluding hydrogens is 136 g/mol. The number of allylic oxidation sites excluding steroid dienone is 2. The van der Waals surface area contributed by atoms with Crippen LogP contribution in [0.15, 0.2) is 24.7 Å². The summed E-state index contributed by atoms with van der Waals surface area (Å²) in [6.07, 6.45) is 13.6. The second-order valence-corrected chi connectivity index (χ2v) is 3.42. The maximum Gasteiger partial charge on any atom is 0.0867 e. The van der Waals surface area contributed by atoms with Crippen LogP contribution in [-0.4, -0.2) is 0 Å². The number of ether oxygens (including phenoxy) is 1. The van der Waals surface area contributed by atoms with Crippen LogP contribution < -0.4 is 0 Å². The minimum atomic E-state index is 0.659. The van der Waals surface area contributed by atoms with Crippen LogP contribution in [0, 0.1) is 11.8 Å². The molecule has 0 radical (unpaired) electrons. The normalized spacial score (nSPS) is 25.8. The molecule has 0 spiro atoms. The molecule has 0 atom stereocenters. The van der Waals surface area contributed by atoms with Crippen LogP contribution in [0.5, 0.6) is 0 Å². The summed E-state index contributed by atoms with van der Waals surface area (Å²) in [4.78, 5) is 0. The molecule has 0 bridgehead atoms. The molecular formula is C10H14O. The fourth-order valence-electron chi connectivity index (χ4n) is 2.04. The Morgan fingerprint density at radius 3 is 2.27 bits per heavy atom. The van der Waals surface area contributed by atoms with Crippen LogP contribution in [0.4, 0.5) is 0 Å². The van der Waals surface area contributed by atoms with Gasteiger partial charge in [0.05, 0.1) is 12.5 Å². The van der Waals surface area contributed by atoms with Gasteiger partial charge in [0.2, 0.25) is 0 Å². The molecule has 1 heteroatoms. The number of hydrogen-bond donors (Lipinski definition) is 0. The molecule has 0 unspecified atom stereocenters. The van der Waals surface area contributed by atoms with Gasteiger partial charge in [-0.3, -0.25) is 0 Å². The van der Waals surface area contributed by atoms with Gasteiger partial charge < -0.3 is 4.74 Å². The summed E-state index contributed by atoms with van der Waals surface area (Å²) in [5.74, 6) is 1.55. The highest BCUT2D eigenvalue weighted by Gasteiger charge is 2.21. The lowest BCUT2D eigenvalue weighted by Crippen LogP contribution is -2.07. The van der Waals surface area contributed by atoms with E-state index in [2.05, 4.69) is 12.2 Å². The predicted octanol–water partition coefficient (Wildman–Crippen LogP) is 2.85. The van der Waals surface area contributed by atoms with Crippen LogP contribution in [0.2, 0.25) is 0 Å². The van der Waals surface area contributed by atoms with Crippen molar-refractivity contribution in [1.82, 2.24) is 0 Å². The molecule has 60 valence electrons. The highest BCUT2D eigenvalue weighted by Crippen LogP contribution is 2.33. The summed E-state index contributed by atoms with van der Waals surface area (Å²) in [5.41, 5.74) is 0. The molecule has 0 aromatic rings. The standard InChI is InChI=1S/C10H14O/c1-2-4-9(3-1)10-5-7-11-8-6-10/h5-10H,1-4H2. The first kappa shape index (κ1) is 6.96. The fraction of sp³-hybridized carbons (Fsp3) is 0.600. The monoisotopic (exact) mass is 150 g/mol. The van der Waals surface area contributed by atoms with E-state index in [0.717, 1.165) is 5.92 Å². The molecule has 11 heavy (non-hydrogen) atoms. The lowest BCUT2D eigenvalue weighted by molar-refractivity contribution is 0.360. The van der Waals surface area contributed by atoms with Crippen LogP contribution in [0.3, 0.4) is 0 Å². The maximum atomic E-state index is 5.00. The maximum absolute atomic E-state index is 5.00. The average Bonchev–Trinajstić information content (AvgIpc) is 2.58. The molecule has 1 nitrogen and oxygen atoms in total. The second kappa shape index (κ2) is 3.12. The zero-order valence-corrected chi connectivity index (χ0v) is 6.70. The van der Waals surface area contributed by atoms with Crippen molar-refractivity contribution in [2.75, 3.05) is 0 Å². The first-order valence-corrected chi connectivity index (χ1v) is 4.45. The van der Waals surface area contributed by atoms with Gasteiger partial charge in [-0.2, -0.15) is 0 Å². The predicted molar refractivity (Wildman–Crippen MR) is 44.8 cm³/mol. The van der Waals surface area contributed by atoms with Gasteiger partial charge in [0.25, 0.3) is 0 Å². The third kappa shape index (κ3) is 1.47. The van der Waals surface area contributed by atoms with Gasteiger partial charge in [0.15, 0.2) is 0 Å². The summed E-state index contributed by atoms with van der Waals surface area (Å²) in [6, 6.07) is 0. The van der Waals surface area contributed by atoms with E-state index < -0.39 is 0 Å². The van der Waals surface area contributed by atoms with Crippen molar-refractivity contribution in [1.29, 1.82) is 0 Å². The van der Waals surface area contributed by atoms with E-state index in [1.54, 1.807) is 0 Å². The molecule has 0 saturated heterocycles. The van der Waals surface area contributed by atoms with E-state index in [0.29, 0.717) is 5.92 Å². The van der Waals surface area contributed by atoms with Crippen molar-refractivity contribution in [3.8, 4) is 0 Å². The molecule has 0 aromatic carbocycles. The molecule has 2 aliphatic rings. The van der Waals surface area contributed by atoms with Crippen LogP contribution in [-0.2, 0) is 4.74 Å². The lowest BCUT2D eigenvalue weighted by atomic mass is 9.90. The van der Waals surface area contributed by atoms with Gasteiger partial charge in [0, 0.05) is 5.92 Å². The van der Waals surface area contributed by atoms with Crippen LogP contribution in [0.25, 0.3) is 0 Å². The van der Waals surface area contributed by atoms with Gasteiger partial charge in [-0.05, 0) is 30.9 Å². The van der Waals surface area contributed by atoms with E-state index in [-0.39, 0.29) is 0 Å². The van der Waals surface area contributed by atoms with Crippen molar-refractivity contribution in [2.45, 2.75) is 25.7 Å². The zero-order chi connectivity index (χ0) is 7.52. The quantitative estimate of drug-likeness (QED) is 0.558. The first-order valence-electron chi connectivity index (χ1n) is 4.45. The van der Waals surface area contributed by atoms with E-state index in [4.69, 9.17) is 4.74 Å². The summed E-state index contributed by atoms with van der Waals surface area (Å²) in [7, 11) is 0. The van der Waals surface area contributed by atoms with Gasteiger partial charge in [-0.15, -0.1) is 0 Å². The molecule has 1 heterocycles. The third-order valence-corrected chi connectivity index (χ3v) is 2.70. The molecule has 0 amide bonds. The Hall–Kier alpha value is -0.720. The van der Waals surface area contributed by atoms with Gasteiger partial charge in [-0.1, -0.05) is 12.8 Å². The fourth-order valence-corrected chi connectivity index (χ4v) is 2.04. The molecule has 1 aliphatic heterocycles. The van der Waals surface area contributed by atoms with Crippen molar-refractivity contribution in [3.05, 3.63) is 24.7 Å². The molecule has 1 fully saturated rings. The molecule has 0 N–H and O–H groups in total. The van der Waals surface area contributed by atoms with Gasteiger partial charge in [0.1, 0.15) is 0 Å². The Balaban J connectivity index is 1.97. The minimum Gasteiger partial charge on any atom is -0.473 e. The number of rotatable bonds is 1. The Kier molecular flexibility index (Phi) is 1.97. The smallest absolute Gasteiger partial charge is 0.0867 e. The highest BCUT2D eigenvalue weighted by atomic mass is 16.5. The molecule has 1 aliphatic carbocycles. The molecule has 1 saturated carbocycles. The number of hydrogen-bond acceptors (Lipinski definition) is 1. The topological polar surface area (TPSA) is 9.23 Å². The Labute approximate surface area is 67.7 Å². The summed E-state index contributed by atoms with van der Waals surface area (Å²) < 4.78 is 5.00. The van der Waals surface area contributed by atoms with Crippen LogP contribution >= 0.6 is 0 Å². The van der Waals surface area contributed by atoms with Gasteiger partial charge in [-0.25, -0.2) is 0 Å². The van der Waals surface area contributed by atoms with Crippen molar-refractivity contribution in [2.24, 2.45) is 11.8 Å². The Morgan fingerprint density at radius 2 is 1.64 bits per heavy atom. The lowest BCUT2D eigenvalue weighted by Gasteiger charge is -2.17. The molecule has 2 rings (SSSR count). The van der Waals surface area contributed by atoms with Gasteiger partial charge >= 0.3 is 0 Å². The summed E-state index contributed by atoms with van der Waals surface area (Å²) in [5, 5.41) is 0. The largest absolute Gasteiger partial charge is 0.473 e. The minimum absolute atomic E-state index is 0.659.